The fourth-order valence-corrected chi connectivity index (χ4v) is 3.22. The molecule has 0 bridgehead atoms. The molecule has 154 valence electrons. The fraction of sp³-hybridized carbons (Fsp3) is 0.174. The average Bonchev–Trinajstić information content (AvgIpc) is 2.74. The van der Waals surface area contributed by atoms with E-state index in [-0.39, 0.29) is 23.1 Å². The molecular weight excluding hydrogens is 403 g/mol. The van der Waals surface area contributed by atoms with Crippen molar-refractivity contribution >= 4 is 35.2 Å². The van der Waals surface area contributed by atoms with E-state index in [0.29, 0.717) is 23.3 Å². The van der Waals surface area contributed by atoms with E-state index in [1.54, 1.807) is 36.4 Å². The Labute approximate surface area is 180 Å². The molecule has 1 heterocycles. The van der Waals surface area contributed by atoms with Crippen molar-refractivity contribution < 1.29 is 18.7 Å². The summed E-state index contributed by atoms with van der Waals surface area (Å²) in [5, 5.41) is 0.159. The highest BCUT2D eigenvalue weighted by Crippen LogP contribution is 2.25. The van der Waals surface area contributed by atoms with Crippen LogP contribution in [0.5, 0.6) is 5.75 Å². The van der Waals surface area contributed by atoms with Crippen LogP contribution in [0.3, 0.4) is 0 Å². The van der Waals surface area contributed by atoms with Gasteiger partial charge in [0.2, 0.25) is 0 Å². The Balaban J connectivity index is 1.89. The number of halogens is 1. The van der Waals surface area contributed by atoms with E-state index in [9.17, 15) is 14.0 Å². The van der Waals surface area contributed by atoms with Crippen LogP contribution in [0.2, 0.25) is 0 Å². The zero-order valence-corrected chi connectivity index (χ0v) is 17.5. The third-order valence-electron chi connectivity index (χ3n) is 4.74. The fourth-order valence-electron chi connectivity index (χ4n) is 3.06. The van der Waals surface area contributed by atoms with Gasteiger partial charge in [-0.3, -0.25) is 19.4 Å². The summed E-state index contributed by atoms with van der Waals surface area (Å²) in [4.78, 5) is 27.5. The van der Waals surface area contributed by atoms with Crippen molar-refractivity contribution in [1.82, 2.24) is 9.80 Å². The van der Waals surface area contributed by atoms with Crippen LogP contribution in [-0.2, 0) is 22.6 Å². The number of ether oxygens (including phenoxy) is 1. The highest BCUT2D eigenvalue weighted by Gasteiger charge is 2.35. The molecule has 0 spiro atoms. The van der Waals surface area contributed by atoms with E-state index in [1.165, 1.54) is 36.0 Å². The number of hydrogen-bond donors (Lipinski definition) is 0. The highest BCUT2D eigenvalue weighted by atomic mass is 32.1. The number of amides is 2. The van der Waals surface area contributed by atoms with Gasteiger partial charge in [0, 0.05) is 19.7 Å². The lowest BCUT2D eigenvalue weighted by Gasteiger charge is -2.31. The first-order valence-corrected chi connectivity index (χ1v) is 9.66. The first kappa shape index (κ1) is 21.4. The van der Waals surface area contributed by atoms with E-state index in [4.69, 9.17) is 17.0 Å². The number of carbonyl (C=O) groups excluding carboxylic acids is 2. The van der Waals surface area contributed by atoms with Gasteiger partial charge in [-0.25, -0.2) is 4.39 Å². The minimum Gasteiger partial charge on any atom is -0.489 e. The molecule has 0 unspecified atom stereocenters. The zero-order valence-electron chi connectivity index (χ0n) is 16.7. The summed E-state index contributed by atoms with van der Waals surface area (Å²) >= 11 is 5.10. The van der Waals surface area contributed by atoms with Gasteiger partial charge >= 0.3 is 0 Å². The molecule has 30 heavy (non-hydrogen) atoms. The topological polar surface area (TPSA) is 49.9 Å². The molecule has 2 amide bonds. The van der Waals surface area contributed by atoms with Crippen molar-refractivity contribution in [3.63, 3.8) is 0 Å². The smallest absolute Gasteiger partial charge is 0.265 e. The Morgan fingerprint density at radius 2 is 1.73 bits per heavy atom. The molecule has 1 aliphatic heterocycles. The number of carbonyl (C=O) groups is 2. The van der Waals surface area contributed by atoms with Crippen molar-refractivity contribution in [1.29, 1.82) is 0 Å². The van der Waals surface area contributed by atoms with Gasteiger partial charge in [-0.15, -0.1) is 6.58 Å². The monoisotopic (exact) mass is 424 g/mol. The molecule has 1 aliphatic rings. The number of rotatable bonds is 6. The molecule has 2 aromatic carbocycles. The number of nitrogens with zero attached hydrogens (tertiary/aromatic N) is 2. The van der Waals surface area contributed by atoms with Gasteiger partial charge in [0.25, 0.3) is 11.8 Å². The summed E-state index contributed by atoms with van der Waals surface area (Å²) in [5.41, 5.74) is 1.95. The Bertz CT molecular complexity index is 1040. The quantitative estimate of drug-likeness (QED) is 0.307. The van der Waals surface area contributed by atoms with Gasteiger partial charge in [-0.2, -0.15) is 0 Å². The molecule has 0 radical (unpaired) electrons. The van der Waals surface area contributed by atoms with Gasteiger partial charge in [0.15, 0.2) is 5.11 Å². The maximum atomic E-state index is 13.8. The van der Waals surface area contributed by atoms with Crippen molar-refractivity contribution in [2.75, 3.05) is 14.1 Å². The maximum Gasteiger partial charge on any atom is 0.265 e. The van der Waals surface area contributed by atoms with Crippen LogP contribution in [-0.4, -0.2) is 40.8 Å². The molecule has 0 atom stereocenters. The lowest BCUT2D eigenvalue weighted by Crippen LogP contribution is -2.52. The molecule has 0 aromatic heterocycles. The largest absolute Gasteiger partial charge is 0.489 e. The van der Waals surface area contributed by atoms with Gasteiger partial charge in [-0.1, -0.05) is 30.3 Å². The molecular formula is C23H21FN2O3S. The Morgan fingerprint density at radius 1 is 1.07 bits per heavy atom. The predicted molar refractivity (Wildman–Crippen MR) is 117 cm³/mol. The van der Waals surface area contributed by atoms with Crippen LogP contribution < -0.4 is 4.74 Å². The second-order valence-electron chi connectivity index (χ2n) is 6.81. The van der Waals surface area contributed by atoms with E-state index in [1.807, 2.05) is 6.07 Å². The van der Waals surface area contributed by atoms with Gasteiger partial charge in [0.1, 0.15) is 23.7 Å². The number of thiocarbonyl (C=S) groups is 1. The number of allylic oxidation sites excluding steroid dienone is 1. The van der Waals surface area contributed by atoms with Crippen molar-refractivity contribution in [3.8, 4) is 5.75 Å². The summed E-state index contributed by atoms with van der Waals surface area (Å²) in [7, 11) is 3.06. The van der Waals surface area contributed by atoms with Crippen LogP contribution >= 0.6 is 12.2 Å². The second kappa shape index (κ2) is 9.00. The number of benzene rings is 2. The van der Waals surface area contributed by atoms with Gasteiger partial charge < -0.3 is 4.74 Å². The Morgan fingerprint density at radius 3 is 2.37 bits per heavy atom. The summed E-state index contributed by atoms with van der Waals surface area (Å²) < 4.78 is 19.7. The molecule has 3 rings (SSSR count). The van der Waals surface area contributed by atoms with E-state index in [2.05, 4.69) is 6.58 Å². The third kappa shape index (κ3) is 4.31. The zero-order chi connectivity index (χ0) is 21.8. The molecule has 7 heteroatoms. The van der Waals surface area contributed by atoms with Gasteiger partial charge in [-0.05, 0) is 54.0 Å². The van der Waals surface area contributed by atoms with Crippen molar-refractivity contribution in [3.05, 3.63) is 83.2 Å². The molecule has 5 nitrogen and oxygen atoms in total. The predicted octanol–water partition coefficient (Wildman–Crippen LogP) is 3.73. The van der Waals surface area contributed by atoms with Crippen molar-refractivity contribution in [2.24, 2.45) is 0 Å². The van der Waals surface area contributed by atoms with Crippen LogP contribution in [0.4, 0.5) is 4.39 Å². The van der Waals surface area contributed by atoms with E-state index in [0.717, 1.165) is 5.56 Å². The SMILES string of the molecule is C=CCc1cc(C=C2C(=O)N(C)C(=S)N(C)C2=O)ccc1OCc1ccccc1F. The molecule has 0 aliphatic carbocycles. The van der Waals surface area contributed by atoms with Crippen LogP contribution in [0.15, 0.2) is 60.7 Å². The first-order valence-electron chi connectivity index (χ1n) is 9.25. The highest BCUT2D eigenvalue weighted by molar-refractivity contribution is 7.80. The van der Waals surface area contributed by atoms with E-state index >= 15 is 0 Å². The number of likely N-dealkylation sites (N-methyl/N-ethyl adjacent to an activating group) is 2. The average molecular weight is 424 g/mol. The maximum absolute atomic E-state index is 13.8. The minimum atomic E-state index is -0.451. The summed E-state index contributed by atoms with van der Waals surface area (Å²) in [6.45, 7) is 3.84. The normalized spacial score (nSPS) is 14.2. The van der Waals surface area contributed by atoms with Gasteiger partial charge in [0.05, 0.1) is 0 Å². The lowest BCUT2D eigenvalue weighted by atomic mass is 10.0. The lowest BCUT2D eigenvalue weighted by molar-refractivity contribution is -0.132. The molecule has 0 saturated carbocycles. The first-order chi connectivity index (χ1) is 14.3. The van der Waals surface area contributed by atoms with Crippen molar-refractivity contribution in [2.45, 2.75) is 13.0 Å². The van der Waals surface area contributed by atoms with Crippen LogP contribution in [0.1, 0.15) is 16.7 Å². The van der Waals surface area contributed by atoms with E-state index < -0.39 is 11.8 Å². The summed E-state index contributed by atoms with van der Waals surface area (Å²) in [5.74, 6) is -0.650. The van der Waals surface area contributed by atoms with Crippen LogP contribution in [0.25, 0.3) is 6.08 Å². The Kier molecular flexibility index (Phi) is 6.42. The third-order valence-corrected chi connectivity index (χ3v) is 5.29. The molecule has 1 fully saturated rings. The van der Waals surface area contributed by atoms with Crippen LogP contribution in [0, 0.1) is 5.82 Å². The molecule has 2 aromatic rings. The molecule has 1 saturated heterocycles. The second-order valence-corrected chi connectivity index (χ2v) is 7.17. The summed E-state index contributed by atoms with van der Waals surface area (Å²) in [6, 6.07) is 11.7. The molecule has 0 N–H and O–H groups in total. The summed E-state index contributed by atoms with van der Waals surface area (Å²) in [6.07, 6.45) is 3.77. The standard InChI is InChI=1S/C23H21FN2O3S/c1-4-7-16-12-15(13-18-21(27)25(2)23(30)26(3)22(18)28)10-11-20(16)29-14-17-8-5-6-9-19(17)24/h4-6,8-13H,1,7,14H2,2-3H3. The number of hydrogen-bond acceptors (Lipinski definition) is 4. The Hall–Kier alpha value is -3.32. The minimum absolute atomic E-state index is 0.0261.